The van der Waals surface area contributed by atoms with Gasteiger partial charge in [0.25, 0.3) is 0 Å². The Kier molecular flexibility index (Phi) is 1.25. The summed E-state index contributed by atoms with van der Waals surface area (Å²) in [6.07, 6.45) is 0.554. The van der Waals surface area contributed by atoms with Gasteiger partial charge in [0.05, 0.1) is 6.54 Å². The number of quaternary nitrogens is 1. The van der Waals surface area contributed by atoms with E-state index >= 15 is 0 Å². The summed E-state index contributed by atoms with van der Waals surface area (Å²) in [7, 11) is 0. The van der Waals surface area contributed by atoms with Crippen molar-refractivity contribution in [2.24, 2.45) is 5.73 Å². The molecule has 4 nitrogen and oxygen atoms in total. The van der Waals surface area contributed by atoms with Crippen LogP contribution in [0.25, 0.3) is 0 Å². The van der Waals surface area contributed by atoms with Crippen molar-refractivity contribution < 1.29 is 5.17 Å². The molecule has 1 aliphatic rings. The highest BCUT2D eigenvalue weighted by Crippen LogP contribution is 1.78. The molecule has 0 aromatic carbocycles. The topological polar surface area (TPSA) is 65.5 Å². The summed E-state index contributed by atoms with van der Waals surface area (Å²) in [5.74, 6) is 0. The van der Waals surface area contributed by atoms with Gasteiger partial charge in [-0.25, -0.2) is 0 Å². The smallest absolute Gasteiger partial charge is 0.157 e. The van der Waals surface area contributed by atoms with E-state index in [9.17, 15) is 5.21 Å². The van der Waals surface area contributed by atoms with Gasteiger partial charge in [-0.1, -0.05) is 0 Å². The third kappa shape index (κ3) is 0.889. The van der Waals surface area contributed by atoms with Crippen LogP contribution in [0.1, 0.15) is 6.42 Å². The third-order valence-corrected chi connectivity index (χ3v) is 1.09. The van der Waals surface area contributed by atoms with Crippen LogP contribution in [0, 0.1) is 5.21 Å². The summed E-state index contributed by atoms with van der Waals surface area (Å²) in [6.45, 7) is 0.750. The lowest BCUT2D eigenvalue weighted by Crippen LogP contribution is -3.16. The first-order chi connectivity index (χ1) is 3.30. The molecule has 0 amide bonds. The zero-order chi connectivity index (χ0) is 5.28. The molecule has 0 aliphatic carbocycles. The molecule has 42 valence electrons. The second-order valence-electron chi connectivity index (χ2n) is 1.69. The monoisotopic (exact) mass is 103 g/mol. The van der Waals surface area contributed by atoms with Crippen LogP contribution in [0.4, 0.5) is 0 Å². The molecule has 1 heterocycles. The van der Waals surface area contributed by atoms with E-state index < -0.39 is 0 Å². The molecule has 4 heteroatoms. The average molecular weight is 103 g/mol. The first-order valence-corrected chi connectivity index (χ1v) is 2.34. The number of hydrogen-bond donors (Lipinski definition) is 3. The molecular formula is C3H9N3O. The molecule has 0 saturated carbocycles. The standard InChI is InChI=1S/C3H9N3O/c4-3-1-2-5-6(3)7/h3,5-6H,1-2,4H2. The molecule has 7 heavy (non-hydrogen) atoms. The Morgan fingerprint density at radius 3 is 2.71 bits per heavy atom. The van der Waals surface area contributed by atoms with Gasteiger partial charge in [-0.3, -0.25) is 10.9 Å². The summed E-state index contributed by atoms with van der Waals surface area (Å²) < 4.78 is 0. The van der Waals surface area contributed by atoms with Crippen LogP contribution in [0.3, 0.4) is 0 Å². The fourth-order valence-corrected chi connectivity index (χ4v) is 0.613. The van der Waals surface area contributed by atoms with Gasteiger partial charge < -0.3 is 5.21 Å². The summed E-state index contributed by atoms with van der Waals surface area (Å²) >= 11 is 0. The van der Waals surface area contributed by atoms with Crippen LogP contribution < -0.4 is 16.3 Å². The molecule has 1 aliphatic heterocycles. The molecular weight excluding hydrogens is 94.1 g/mol. The van der Waals surface area contributed by atoms with Crippen molar-refractivity contribution in [3.63, 3.8) is 0 Å². The normalized spacial score (nSPS) is 42.0. The molecule has 2 unspecified atom stereocenters. The van der Waals surface area contributed by atoms with Crippen molar-refractivity contribution in [2.45, 2.75) is 12.6 Å². The van der Waals surface area contributed by atoms with Crippen LogP contribution in [-0.2, 0) is 0 Å². The van der Waals surface area contributed by atoms with Crippen LogP contribution in [0.15, 0.2) is 0 Å². The maximum Gasteiger partial charge on any atom is 0.157 e. The minimum Gasteiger partial charge on any atom is -0.612 e. The van der Waals surface area contributed by atoms with Crippen molar-refractivity contribution in [2.75, 3.05) is 6.54 Å². The lowest BCUT2D eigenvalue weighted by molar-refractivity contribution is -0.906. The van der Waals surface area contributed by atoms with E-state index in [-0.39, 0.29) is 11.3 Å². The van der Waals surface area contributed by atoms with E-state index in [1.54, 1.807) is 0 Å². The molecule has 0 bridgehead atoms. The van der Waals surface area contributed by atoms with Crippen molar-refractivity contribution in [3.05, 3.63) is 5.21 Å². The first kappa shape index (κ1) is 4.99. The Hall–Kier alpha value is -0.160. The van der Waals surface area contributed by atoms with Gasteiger partial charge in [0.1, 0.15) is 0 Å². The van der Waals surface area contributed by atoms with Crippen LogP contribution in [-0.4, -0.2) is 12.7 Å². The minimum absolute atomic E-state index is 0.0139. The summed E-state index contributed by atoms with van der Waals surface area (Å²) in [5.41, 5.74) is 7.87. The lowest BCUT2D eigenvalue weighted by atomic mass is 10.4. The van der Waals surface area contributed by atoms with Gasteiger partial charge in [-0.05, 0) is 0 Å². The van der Waals surface area contributed by atoms with E-state index in [1.807, 2.05) is 0 Å². The van der Waals surface area contributed by atoms with E-state index in [4.69, 9.17) is 5.73 Å². The maximum absolute atomic E-state index is 10.3. The Balaban J connectivity index is 2.33. The van der Waals surface area contributed by atoms with Crippen molar-refractivity contribution in [3.8, 4) is 0 Å². The molecule has 2 atom stereocenters. The molecule has 0 aromatic rings. The Morgan fingerprint density at radius 2 is 2.57 bits per heavy atom. The highest BCUT2D eigenvalue weighted by Gasteiger charge is 2.15. The average Bonchev–Trinajstić information content (AvgIpc) is 1.91. The Morgan fingerprint density at radius 1 is 1.86 bits per heavy atom. The summed E-state index contributed by atoms with van der Waals surface area (Å²) in [5, 5.41) is 10.3. The molecule has 0 radical (unpaired) electrons. The van der Waals surface area contributed by atoms with Gasteiger partial charge in [-0.2, -0.15) is 5.43 Å². The number of hydrogen-bond acceptors (Lipinski definition) is 3. The van der Waals surface area contributed by atoms with Gasteiger partial charge in [0, 0.05) is 6.42 Å². The van der Waals surface area contributed by atoms with E-state index in [2.05, 4.69) is 5.43 Å². The lowest BCUT2D eigenvalue weighted by Gasteiger charge is -2.18. The van der Waals surface area contributed by atoms with Gasteiger partial charge in [0.15, 0.2) is 6.17 Å². The van der Waals surface area contributed by atoms with Crippen molar-refractivity contribution in [1.82, 2.24) is 5.43 Å². The highest BCUT2D eigenvalue weighted by molar-refractivity contribution is 4.51. The zero-order valence-corrected chi connectivity index (χ0v) is 3.98. The van der Waals surface area contributed by atoms with E-state index in [0.29, 0.717) is 0 Å². The summed E-state index contributed by atoms with van der Waals surface area (Å²) in [4.78, 5) is 0. The molecule has 1 fully saturated rings. The van der Waals surface area contributed by atoms with Crippen LogP contribution >= 0.6 is 0 Å². The number of nitrogens with one attached hydrogen (secondary N) is 2. The maximum atomic E-state index is 10.3. The highest BCUT2D eigenvalue weighted by atomic mass is 16.5. The quantitative estimate of drug-likeness (QED) is 0.298. The van der Waals surface area contributed by atoms with Gasteiger partial charge >= 0.3 is 0 Å². The van der Waals surface area contributed by atoms with Gasteiger partial charge in [0.2, 0.25) is 0 Å². The number of hydroxylamine groups is 1. The molecule has 4 N–H and O–H groups in total. The SMILES string of the molecule is NC1CCN[NH+]1[O-]. The molecule has 0 spiro atoms. The second-order valence-corrected chi connectivity index (χ2v) is 1.69. The molecule has 1 rings (SSSR count). The molecule has 1 saturated heterocycles. The number of rotatable bonds is 0. The largest absolute Gasteiger partial charge is 0.612 e. The van der Waals surface area contributed by atoms with Crippen molar-refractivity contribution >= 4 is 0 Å². The minimum atomic E-state index is -0.236. The van der Waals surface area contributed by atoms with Gasteiger partial charge in [-0.15, -0.1) is 0 Å². The fourth-order valence-electron chi connectivity index (χ4n) is 0.613. The van der Waals surface area contributed by atoms with Crippen LogP contribution in [0.2, 0.25) is 0 Å². The zero-order valence-electron chi connectivity index (χ0n) is 3.98. The predicted octanol–water partition coefficient (Wildman–Crippen LogP) is -2.44. The second kappa shape index (κ2) is 1.75. The number of nitrogens with two attached hydrogens (primary N) is 1. The van der Waals surface area contributed by atoms with E-state index in [1.165, 1.54) is 0 Å². The summed E-state index contributed by atoms with van der Waals surface area (Å²) in [6, 6.07) is 0. The third-order valence-electron chi connectivity index (χ3n) is 1.09. The fraction of sp³-hybridized carbons (Fsp3) is 1.00. The van der Waals surface area contributed by atoms with E-state index in [0.717, 1.165) is 13.0 Å². The first-order valence-electron chi connectivity index (χ1n) is 2.34. The predicted molar refractivity (Wildman–Crippen MR) is 24.9 cm³/mol. The van der Waals surface area contributed by atoms with Crippen LogP contribution in [0.5, 0.6) is 0 Å². The Bertz CT molecular complexity index is 59.2. The Labute approximate surface area is 41.8 Å². The molecule has 0 aromatic heterocycles. The van der Waals surface area contributed by atoms with Crippen molar-refractivity contribution in [1.29, 1.82) is 0 Å².